The number of carbonyl (C=O) groups is 1. The highest BCUT2D eigenvalue weighted by atomic mass is 16.1. The number of aryl methyl sites for hydroxylation is 1. The Morgan fingerprint density at radius 2 is 2.33 bits per heavy atom. The number of nitrogens with zero attached hydrogens (tertiary/aromatic N) is 3. The highest BCUT2D eigenvalue weighted by molar-refractivity contribution is 5.71. The third-order valence-electron chi connectivity index (χ3n) is 2.20. The Bertz CT molecular complexity index is 476. The van der Waals surface area contributed by atoms with Gasteiger partial charge < -0.3 is 0 Å². The fourth-order valence-corrected chi connectivity index (χ4v) is 1.43. The summed E-state index contributed by atoms with van der Waals surface area (Å²) in [6.45, 7) is 2.06. The van der Waals surface area contributed by atoms with Crippen molar-refractivity contribution in [3.63, 3.8) is 0 Å². The summed E-state index contributed by atoms with van der Waals surface area (Å²) in [5.41, 5.74) is 1.53. The van der Waals surface area contributed by atoms with Crippen molar-refractivity contribution < 1.29 is 4.79 Å². The van der Waals surface area contributed by atoms with Crippen LogP contribution in [0.4, 0.5) is 0 Å². The Morgan fingerprint density at radius 1 is 1.47 bits per heavy atom. The molecule has 76 valence electrons. The van der Waals surface area contributed by atoms with Crippen LogP contribution in [0.1, 0.15) is 23.0 Å². The summed E-state index contributed by atoms with van der Waals surface area (Å²) in [5, 5.41) is 4.09. The second kappa shape index (κ2) is 4.04. The first kappa shape index (κ1) is 9.58. The summed E-state index contributed by atoms with van der Waals surface area (Å²) in [4.78, 5) is 14.8. The van der Waals surface area contributed by atoms with Crippen molar-refractivity contribution in [1.29, 1.82) is 0 Å². The van der Waals surface area contributed by atoms with Gasteiger partial charge in [0.2, 0.25) is 0 Å². The first-order valence-corrected chi connectivity index (χ1v) is 4.80. The molecule has 0 aromatic carbocycles. The molecule has 0 N–H and O–H groups in total. The topological polar surface area (TPSA) is 47.8 Å². The van der Waals surface area contributed by atoms with E-state index in [4.69, 9.17) is 0 Å². The van der Waals surface area contributed by atoms with Crippen molar-refractivity contribution in [3.05, 3.63) is 41.9 Å². The second-order valence-corrected chi connectivity index (χ2v) is 3.14. The van der Waals surface area contributed by atoms with Crippen LogP contribution in [-0.4, -0.2) is 21.1 Å². The van der Waals surface area contributed by atoms with E-state index in [1.165, 1.54) is 0 Å². The van der Waals surface area contributed by atoms with Crippen molar-refractivity contribution in [2.45, 2.75) is 13.3 Å². The lowest BCUT2D eigenvalue weighted by atomic mass is 10.2. The fourth-order valence-electron chi connectivity index (χ4n) is 1.43. The molecule has 0 saturated heterocycles. The molecule has 2 aromatic rings. The molecule has 0 aliphatic heterocycles. The Kier molecular flexibility index (Phi) is 2.58. The molecule has 0 spiro atoms. The van der Waals surface area contributed by atoms with E-state index < -0.39 is 0 Å². The molecule has 0 amide bonds. The van der Waals surface area contributed by atoms with Crippen molar-refractivity contribution >= 4 is 6.29 Å². The van der Waals surface area contributed by atoms with Gasteiger partial charge in [-0.2, -0.15) is 5.10 Å². The van der Waals surface area contributed by atoms with Gasteiger partial charge in [0.15, 0.2) is 12.1 Å². The average Bonchev–Trinajstić information content (AvgIpc) is 2.77. The van der Waals surface area contributed by atoms with Gasteiger partial charge in [0.25, 0.3) is 0 Å². The highest BCUT2D eigenvalue weighted by Crippen LogP contribution is 2.10. The number of hydrogen-bond donors (Lipinski definition) is 0. The summed E-state index contributed by atoms with van der Waals surface area (Å²) in [6.07, 6.45) is 5.08. The molecule has 0 atom stereocenters. The number of hydrogen-bond acceptors (Lipinski definition) is 3. The molecule has 0 bridgehead atoms. The van der Waals surface area contributed by atoms with Crippen LogP contribution in [0, 0.1) is 0 Å². The molecular formula is C11H11N3O. The molecule has 0 aliphatic rings. The van der Waals surface area contributed by atoms with Crippen LogP contribution in [0.2, 0.25) is 0 Å². The molecule has 15 heavy (non-hydrogen) atoms. The normalized spacial score (nSPS) is 10.2. The summed E-state index contributed by atoms with van der Waals surface area (Å²) in [6, 6.07) is 5.57. The van der Waals surface area contributed by atoms with Gasteiger partial charge in [-0.1, -0.05) is 13.0 Å². The number of pyridine rings is 1. The molecule has 0 unspecified atom stereocenters. The fraction of sp³-hybridized carbons (Fsp3) is 0.182. The summed E-state index contributed by atoms with van der Waals surface area (Å²) in [7, 11) is 0. The quantitative estimate of drug-likeness (QED) is 0.709. The van der Waals surface area contributed by atoms with Gasteiger partial charge in [-0.3, -0.25) is 4.79 Å². The van der Waals surface area contributed by atoms with Crippen LogP contribution in [0.3, 0.4) is 0 Å². The predicted molar refractivity (Wildman–Crippen MR) is 56.1 cm³/mol. The number of aldehydes is 1. The van der Waals surface area contributed by atoms with Crippen molar-refractivity contribution in [3.8, 4) is 5.82 Å². The van der Waals surface area contributed by atoms with Gasteiger partial charge in [-0.25, -0.2) is 9.67 Å². The maximum Gasteiger partial charge on any atom is 0.170 e. The SMILES string of the molecule is CCc1cccnc1-n1ccc(C=O)n1. The van der Waals surface area contributed by atoms with Gasteiger partial charge in [0, 0.05) is 12.4 Å². The minimum absolute atomic E-state index is 0.419. The van der Waals surface area contributed by atoms with Crippen LogP contribution in [0.15, 0.2) is 30.6 Å². The van der Waals surface area contributed by atoms with Gasteiger partial charge in [0.05, 0.1) is 0 Å². The molecule has 4 nitrogen and oxygen atoms in total. The van der Waals surface area contributed by atoms with Gasteiger partial charge in [-0.05, 0) is 24.1 Å². The summed E-state index contributed by atoms with van der Waals surface area (Å²) >= 11 is 0. The molecule has 0 aliphatic carbocycles. The van der Waals surface area contributed by atoms with Crippen LogP contribution in [0.25, 0.3) is 5.82 Å². The van der Waals surface area contributed by atoms with Crippen LogP contribution >= 0.6 is 0 Å². The van der Waals surface area contributed by atoms with Crippen molar-refractivity contribution in [2.75, 3.05) is 0 Å². The smallest absolute Gasteiger partial charge is 0.170 e. The lowest BCUT2D eigenvalue weighted by Gasteiger charge is -2.05. The summed E-state index contributed by atoms with van der Waals surface area (Å²) in [5.74, 6) is 0.785. The van der Waals surface area contributed by atoms with Crippen molar-refractivity contribution in [1.82, 2.24) is 14.8 Å². The van der Waals surface area contributed by atoms with Gasteiger partial charge >= 0.3 is 0 Å². The molecular weight excluding hydrogens is 190 g/mol. The van der Waals surface area contributed by atoms with E-state index in [1.807, 2.05) is 12.1 Å². The Labute approximate surface area is 87.6 Å². The van der Waals surface area contributed by atoms with E-state index in [0.29, 0.717) is 5.69 Å². The zero-order valence-electron chi connectivity index (χ0n) is 8.42. The minimum Gasteiger partial charge on any atom is -0.296 e. The van der Waals surface area contributed by atoms with Crippen LogP contribution < -0.4 is 0 Å². The van der Waals surface area contributed by atoms with Crippen molar-refractivity contribution in [2.24, 2.45) is 0 Å². The largest absolute Gasteiger partial charge is 0.296 e. The molecule has 2 heterocycles. The lowest BCUT2D eigenvalue weighted by molar-refractivity contribution is 0.111. The molecule has 2 rings (SSSR count). The van der Waals surface area contributed by atoms with E-state index >= 15 is 0 Å². The van der Waals surface area contributed by atoms with E-state index in [9.17, 15) is 4.79 Å². The lowest BCUT2D eigenvalue weighted by Crippen LogP contribution is -2.02. The van der Waals surface area contributed by atoms with Crippen LogP contribution in [0.5, 0.6) is 0 Å². The Balaban J connectivity index is 2.48. The molecule has 0 radical (unpaired) electrons. The average molecular weight is 201 g/mol. The monoisotopic (exact) mass is 201 g/mol. The maximum absolute atomic E-state index is 10.5. The molecule has 0 saturated carbocycles. The molecule has 4 heteroatoms. The molecule has 2 aromatic heterocycles. The zero-order chi connectivity index (χ0) is 10.7. The highest BCUT2D eigenvalue weighted by Gasteiger charge is 2.05. The first-order valence-electron chi connectivity index (χ1n) is 4.80. The second-order valence-electron chi connectivity index (χ2n) is 3.14. The van der Waals surface area contributed by atoms with Gasteiger partial charge in [-0.15, -0.1) is 0 Å². The minimum atomic E-state index is 0.419. The van der Waals surface area contributed by atoms with E-state index in [-0.39, 0.29) is 0 Å². The van der Waals surface area contributed by atoms with E-state index in [1.54, 1.807) is 23.1 Å². The third-order valence-corrected chi connectivity index (χ3v) is 2.20. The summed E-state index contributed by atoms with van der Waals surface area (Å²) < 4.78 is 1.63. The molecule has 0 fully saturated rings. The van der Waals surface area contributed by atoms with Gasteiger partial charge in [0.1, 0.15) is 5.69 Å². The predicted octanol–water partition coefficient (Wildman–Crippen LogP) is 1.64. The number of carbonyl (C=O) groups excluding carboxylic acids is 1. The Morgan fingerprint density at radius 3 is 3.00 bits per heavy atom. The third kappa shape index (κ3) is 1.79. The number of rotatable bonds is 3. The van der Waals surface area contributed by atoms with E-state index in [2.05, 4.69) is 17.0 Å². The van der Waals surface area contributed by atoms with Crippen LogP contribution in [-0.2, 0) is 6.42 Å². The first-order chi connectivity index (χ1) is 7.35. The standard InChI is InChI=1S/C11H11N3O/c1-2-9-4-3-6-12-11(9)14-7-5-10(8-15)13-14/h3-8H,2H2,1H3. The maximum atomic E-state index is 10.5. The number of aromatic nitrogens is 3. The zero-order valence-corrected chi connectivity index (χ0v) is 8.42. The van der Waals surface area contributed by atoms with E-state index in [0.717, 1.165) is 24.1 Å². The Hall–Kier alpha value is -1.97.